The van der Waals surface area contributed by atoms with Crippen molar-refractivity contribution in [1.29, 1.82) is 0 Å². The lowest BCUT2D eigenvalue weighted by Crippen LogP contribution is -2.42. The highest BCUT2D eigenvalue weighted by Gasteiger charge is 2.25. The van der Waals surface area contributed by atoms with Crippen molar-refractivity contribution in [2.45, 2.75) is 39.0 Å². The SMILES string of the molecule is Cc1cnc(NC(=O)N2CC/C(=C\c3cccc(Oc4ccc(C5CC5)cn4)c3)C(C)C2)cn1. The van der Waals surface area contributed by atoms with Gasteiger partial charge in [-0.05, 0) is 61.3 Å². The zero-order valence-electron chi connectivity index (χ0n) is 19.6. The predicted molar refractivity (Wildman–Crippen MR) is 132 cm³/mol. The molecule has 7 heteroatoms. The van der Waals surface area contributed by atoms with Crippen molar-refractivity contribution in [1.82, 2.24) is 19.9 Å². The van der Waals surface area contributed by atoms with E-state index in [2.05, 4.69) is 45.4 Å². The van der Waals surface area contributed by atoms with Gasteiger partial charge in [0.25, 0.3) is 0 Å². The standard InChI is InChI=1S/C27H29N5O2/c1-18-17-32(27(33)31-25-16-28-19(2)14-29-25)11-10-22(18)12-20-4-3-5-24(13-20)34-26-9-8-23(15-30-26)21-6-7-21/h3-5,8-9,12-16,18,21H,6-7,10-11,17H2,1-2H3,(H,29,31,33)/b22-12+. The Morgan fingerprint density at radius 3 is 2.71 bits per heavy atom. The van der Waals surface area contributed by atoms with Gasteiger partial charge in [0, 0.05) is 25.4 Å². The smallest absolute Gasteiger partial charge is 0.323 e. The summed E-state index contributed by atoms with van der Waals surface area (Å²) in [4.78, 5) is 27.3. The number of pyridine rings is 1. The van der Waals surface area contributed by atoms with E-state index in [1.54, 1.807) is 12.4 Å². The molecule has 1 aromatic carbocycles. The van der Waals surface area contributed by atoms with E-state index >= 15 is 0 Å². The summed E-state index contributed by atoms with van der Waals surface area (Å²) in [6, 6.07) is 12.0. The fourth-order valence-electron chi connectivity index (χ4n) is 4.21. The first-order valence-corrected chi connectivity index (χ1v) is 11.8. The Labute approximate surface area is 199 Å². The van der Waals surface area contributed by atoms with E-state index in [1.807, 2.05) is 42.3 Å². The number of nitrogens with one attached hydrogen (secondary N) is 1. The molecule has 2 amide bonds. The van der Waals surface area contributed by atoms with Gasteiger partial charge < -0.3 is 9.64 Å². The van der Waals surface area contributed by atoms with Gasteiger partial charge in [-0.1, -0.05) is 36.8 Å². The lowest BCUT2D eigenvalue weighted by molar-refractivity contribution is 0.197. The van der Waals surface area contributed by atoms with E-state index in [0.717, 1.165) is 23.4 Å². The molecule has 3 heterocycles. The van der Waals surface area contributed by atoms with Gasteiger partial charge in [0.15, 0.2) is 5.82 Å². The fraction of sp³-hybridized carbons (Fsp3) is 0.333. The maximum atomic E-state index is 12.6. The van der Waals surface area contributed by atoms with Gasteiger partial charge in [0.05, 0.1) is 18.1 Å². The molecule has 1 aliphatic carbocycles. The third-order valence-corrected chi connectivity index (χ3v) is 6.34. The number of ether oxygens (including phenoxy) is 1. The molecule has 0 bridgehead atoms. The molecule has 1 saturated carbocycles. The summed E-state index contributed by atoms with van der Waals surface area (Å²) >= 11 is 0. The lowest BCUT2D eigenvalue weighted by atomic mass is 9.91. The number of aromatic nitrogens is 3. The van der Waals surface area contributed by atoms with Crippen LogP contribution in [-0.4, -0.2) is 39.0 Å². The molecule has 5 rings (SSSR count). The number of anilines is 1. The zero-order valence-corrected chi connectivity index (χ0v) is 19.6. The van der Waals surface area contributed by atoms with Crippen molar-refractivity contribution in [3.63, 3.8) is 0 Å². The second kappa shape index (κ2) is 9.63. The first kappa shape index (κ1) is 22.1. The number of nitrogens with zero attached hydrogens (tertiary/aromatic N) is 4. The molecule has 34 heavy (non-hydrogen) atoms. The van der Waals surface area contributed by atoms with Crippen LogP contribution in [0, 0.1) is 12.8 Å². The van der Waals surface area contributed by atoms with Crippen LogP contribution in [0.15, 0.2) is 60.6 Å². The van der Waals surface area contributed by atoms with Crippen molar-refractivity contribution in [2.24, 2.45) is 5.92 Å². The van der Waals surface area contributed by atoms with Gasteiger partial charge >= 0.3 is 6.03 Å². The molecule has 174 valence electrons. The van der Waals surface area contributed by atoms with Gasteiger partial charge in [-0.25, -0.2) is 14.8 Å². The minimum absolute atomic E-state index is 0.139. The van der Waals surface area contributed by atoms with Crippen molar-refractivity contribution in [3.05, 3.63) is 77.4 Å². The minimum atomic E-state index is -0.139. The van der Waals surface area contributed by atoms with Crippen LogP contribution in [0.2, 0.25) is 0 Å². The average molecular weight is 456 g/mol. The number of urea groups is 1. The number of piperidine rings is 1. The predicted octanol–water partition coefficient (Wildman–Crippen LogP) is 5.81. The van der Waals surface area contributed by atoms with Gasteiger partial charge in [0.2, 0.25) is 5.88 Å². The Hall–Kier alpha value is -3.74. The highest BCUT2D eigenvalue weighted by Crippen LogP contribution is 2.40. The Kier molecular flexibility index (Phi) is 6.25. The summed E-state index contributed by atoms with van der Waals surface area (Å²) in [6.45, 7) is 5.34. The molecule has 1 unspecified atom stereocenters. The molecule has 3 aromatic rings. The number of rotatable bonds is 5. The quantitative estimate of drug-likeness (QED) is 0.525. The van der Waals surface area contributed by atoms with Crippen LogP contribution in [0.1, 0.15) is 48.9 Å². The molecule has 0 radical (unpaired) electrons. The number of carbonyl (C=O) groups is 1. The van der Waals surface area contributed by atoms with E-state index in [0.29, 0.717) is 30.7 Å². The molecule has 1 saturated heterocycles. The van der Waals surface area contributed by atoms with Gasteiger partial charge in [0.1, 0.15) is 5.75 Å². The summed E-state index contributed by atoms with van der Waals surface area (Å²) in [5.74, 6) is 2.79. The summed E-state index contributed by atoms with van der Waals surface area (Å²) in [7, 11) is 0. The number of hydrogen-bond acceptors (Lipinski definition) is 5. The van der Waals surface area contributed by atoms with Crippen LogP contribution in [0.5, 0.6) is 11.6 Å². The normalized spacial score (nSPS) is 19.2. The Morgan fingerprint density at radius 1 is 1.12 bits per heavy atom. The van der Waals surface area contributed by atoms with Gasteiger partial charge in [-0.3, -0.25) is 10.3 Å². The highest BCUT2D eigenvalue weighted by atomic mass is 16.5. The first-order valence-electron chi connectivity index (χ1n) is 11.8. The van der Waals surface area contributed by atoms with Crippen LogP contribution >= 0.6 is 0 Å². The fourth-order valence-corrected chi connectivity index (χ4v) is 4.21. The van der Waals surface area contributed by atoms with E-state index in [4.69, 9.17) is 4.74 Å². The second-order valence-corrected chi connectivity index (χ2v) is 9.17. The van der Waals surface area contributed by atoms with E-state index in [1.165, 1.54) is 24.0 Å². The summed E-state index contributed by atoms with van der Waals surface area (Å²) in [5, 5.41) is 2.84. The maximum Gasteiger partial charge on any atom is 0.323 e. The van der Waals surface area contributed by atoms with Crippen molar-refractivity contribution >= 4 is 17.9 Å². The number of aryl methyl sites for hydroxylation is 1. The van der Waals surface area contributed by atoms with Crippen LogP contribution in [0.25, 0.3) is 6.08 Å². The van der Waals surface area contributed by atoms with E-state index in [-0.39, 0.29) is 11.9 Å². The van der Waals surface area contributed by atoms with E-state index in [9.17, 15) is 4.79 Å². The molecular weight excluding hydrogens is 426 g/mol. The topological polar surface area (TPSA) is 80.2 Å². The Bertz CT molecular complexity index is 1190. The summed E-state index contributed by atoms with van der Waals surface area (Å²) in [6.07, 6.45) is 10.7. The van der Waals surface area contributed by atoms with E-state index < -0.39 is 0 Å². The number of carbonyl (C=O) groups excluding carboxylic acids is 1. The Balaban J connectivity index is 1.20. The maximum absolute atomic E-state index is 12.6. The Morgan fingerprint density at radius 2 is 2.00 bits per heavy atom. The molecule has 2 aliphatic rings. The van der Waals surface area contributed by atoms with Crippen molar-refractivity contribution in [2.75, 3.05) is 18.4 Å². The van der Waals surface area contributed by atoms with Gasteiger partial charge in [-0.15, -0.1) is 0 Å². The lowest BCUT2D eigenvalue weighted by Gasteiger charge is -2.33. The molecule has 7 nitrogen and oxygen atoms in total. The average Bonchev–Trinajstić information content (AvgIpc) is 3.68. The summed E-state index contributed by atoms with van der Waals surface area (Å²) < 4.78 is 5.99. The molecule has 2 aromatic heterocycles. The molecule has 1 N–H and O–H groups in total. The highest BCUT2D eigenvalue weighted by molar-refractivity contribution is 5.88. The zero-order chi connectivity index (χ0) is 23.5. The largest absolute Gasteiger partial charge is 0.439 e. The first-order chi connectivity index (χ1) is 16.5. The molecular formula is C27H29N5O2. The number of hydrogen-bond donors (Lipinski definition) is 1. The summed E-state index contributed by atoms with van der Waals surface area (Å²) in [5.41, 5.74) is 4.52. The number of amides is 2. The van der Waals surface area contributed by atoms with Crippen LogP contribution in [0.3, 0.4) is 0 Å². The van der Waals surface area contributed by atoms with Crippen LogP contribution in [-0.2, 0) is 0 Å². The molecule has 1 atom stereocenters. The van der Waals surface area contributed by atoms with Crippen molar-refractivity contribution in [3.8, 4) is 11.6 Å². The molecule has 2 fully saturated rings. The van der Waals surface area contributed by atoms with Crippen LogP contribution < -0.4 is 10.1 Å². The molecule has 1 aliphatic heterocycles. The number of benzene rings is 1. The number of likely N-dealkylation sites (tertiary alicyclic amines) is 1. The third kappa shape index (κ3) is 5.42. The van der Waals surface area contributed by atoms with Gasteiger partial charge in [-0.2, -0.15) is 0 Å². The molecule has 0 spiro atoms. The third-order valence-electron chi connectivity index (χ3n) is 6.34. The monoisotopic (exact) mass is 455 g/mol. The second-order valence-electron chi connectivity index (χ2n) is 9.17. The minimum Gasteiger partial charge on any atom is -0.439 e. The van der Waals surface area contributed by atoms with Crippen molar-refractivity contribution < 1.29 is 9.53 Å². The van der Waals surface area contributed by atoms with Crippen LogP contribution in [0.4, 0.5) is 10.6 Å².